The number of hydrogen-bond acceptors (Lipinski definition) is 6. The lowest BCUT2D eigenvalue weighted by atomic mass is 10.1. The van der Waals surface area contributed by atoms with Crippen molar-refractivity contribution in [3.63, 3.8) is 0 Å². The number of benzene rings is 1. The fraction of sp³-hybridized carbons (Fsp3) is 0.450. The Morgan fingerprint density at radius 2 is 2.04 bits per heavy atom. The van der Waals surface area contributed by atoms with E-state index in [1.165, 1.54) is 10.6 Å². The van der Waals surface area contributed by atoms with Crippen molar-refractivity contribution in [2.75, 3.05) is 49.8 Å². The fourth-order valence-electron chi connectivity index (χ4n) is 3.77. The zero-order valence-corrected chi connectivity index (χ0v) is 16.2. The largest absolute Gasteiger partial charge is 0.496 e. The molecule has 2 aliphatic rings. The van der Waals surface area contributed by atoms with Crippen molar-refractivity contribution < 1.29 is 14.3 Å². The Bertz CT molecular complexity index is 950. The van der Waals surface area contributed by atoms with Crippen LogP contribution in [-0.4, -0.2) is 55.4 Å². The van der Waals surface area contributed by atoms with Gasteiger partial charge in [-0.15, -0.1) is 0 Å². The number of anilines is 2. The van der Waals surface area contributed by atoms with Crippen LogP contribution in [0.1, 0.15) is 11.4 Å². The molecule has 0 radical (unpaired) electrons. The highest BCUT2D eigenvalue weighted by atomic mass is 16.5. The van der Waals surface area contributed by atoms with Gasteiger partial charge < -0.3 is 19.3 Å². The second kappa shape index (κ2) is 7.63. The lowest BCUT2D eigenvalue weighted by Crippen LogP contribution is -2.39. The highest BCUT2D eigenvalue weighted by molar-refractivity contribution is 5.96. The normalized spacial score (nSPS) is 16.2. The summed E-state index contributed by atoms with van der Waals surface area (Å²) in [6.45, 7) is 3.19. The summed E-state index contributed by atoms with van der Waals surface area (Å²) in [6.07, 6.45) is 0.825. The molecule has 4 rings (SSSR count). The number of morpholine rings is 1. The monoisotopic (exact) mass is 384 g/mol. The minimum Gasteiger partial charge on any atom is -0.496 e. The van der Waals surface area contributed by atoms with Crippen LogP contribution < -0.4 is 20.1 Å². The van der Waals surface area contributed by atoms with Crippen LogP contribution in [0.25, 0.3) is 0 Å². The highest BCUT2D eigenvalue weighted by Crippen LogP contribution is 2.35. The summed E-state index contributed by atoms with van der Waals surface area (Å²) in [4.78, 5) is 33.8. The Morgan fingerprint density at radius 3 is 2.79 bits per heavy atom. The molecule has 0 N–H and O–H groups in total. The second-order valence-electron chi connectivity index (χ2n) is 6.96. The van der Waals surface area contributed by atoms with E-state index in [1.54, 1.807) is 19.1 Å². The van der Waals surface area contributed by atoms with Gasteiger partial charge in [-0.3, -0.25) is 14.2 Å². The van der Waals surface area contributed by atoms with Gasteiger partial charge in [-0.25, -0.2) is 4.98 Å². The average molecular weight is 384 g/mol. The second-order valence-corrected chi connectivity index (χ2v) is 6.96. The molecule has 1 amide bonds. The Labute approximate surface area is 163 Å². The van der Waals surface area contributed by atoms with Crippen LogP contribution in [-0.2, 0) is 29.4 Å². The number of amides is 1. The third kappa shape index (κ3) is 3.35. The van der Waals surface area contributed by atoms with Crippen LogP contribution in [0.2, 0.25) is 0 Å². The molecule has 0 spiro atoms. The minimum absolute atomic E-state index is 0.0700. The molecule has 0 aliphatic carbocycles. The van der Waals surface area contributed by atoms with E-state index in [9.17, 15) is 9.59 Å². The van der Waals surface area contributed by atoms with Crippen LogP contribution in [0.3, 0.4) is 0 Å². The molecule has 0 bridgehead atoms. The van der Waals surface area contributed by atoms with Crippen molar-refractivity contribution >= 4 is 17.4 Å². The standard InChI is InChI=1S/C20H24N4O4/c1-22-17(21-18(13-19(22)25)23-8-10-28-11-9-23)12-20(26)24-7-6-14-15(24)4-3-5-16(14)27-2/h3-5,13H,6-12H2,1-2H3. The van der Waals surface area contributed by atoms with E-state index < -0.39 is 0 Å². The molecule has 1 saturated heterocycles. The van der Waals surface area contributed by atoms with Crippen molar-refractivity contribution in [2.24, 2.45) is 7.05 Å². The zero-order valence-electron chi connectivity index (χ0n) is 16.2. The molecule has 1 fully saturated rings. The molecule has 2 aromatic rings. The van der Waals surface area contributed by atoms with Gasteiger partial charge in [0, 0.05) is 38.3 Å². The third-order valence-corrected chi connectivity index (χ3v) is 5.36. The predicted octanol–water partition coefficient (Wildman–Crippen LogP) is 0.757. The SMILES string of the molecule is COc1cccc2c1CCN2C(=O)Cc1nc(N2CCOCC2)cc(=O)n1C. The number of hydrogen-bond donors (Lipinski definition) is 0. The molecule has 8 heteroatoms. The van der Waals surface area contributed by atoms with Gasteiger partial charge >= 0.3 is 0 Å². The van der Waals surface area contributed by atoms with Gasteiger partial charge in [-0.2, -0.15) is 0 Å². The van der Waals surface area contributed by atoms with Gasteiger partial charge in [0.05, 0.1) is 32.4 Å². The lowest BCUT2D eigenvalue weighted by Gasteiger charge is -2.28. The van der Waals surface area contributed by atoms with E-state index in [0.717, 1.165) is 23.4 Å². The molecule has 3 heterocycles. The molecule has 148 valence electrons. The van der Waals surface area contributed by atoms with Gasteiger partial charge in [0.15, 0.2) is 0 Å². The maximum absolute atomic E-state index is 13.0. The first-order valence-electron chi connectivity index (χ1n) is 9.44. The van der Waals surface area contributed by atoms with E-state index in [0.29, 0.717) is 44.5 Å². The van der Waals surface area contributed by atoms with Crippen LogP contribution in [0.4, 0.5) is 11.5 Å². The fourth-order valence-corrected chi connectivity index (χ4v) is 3.77. The van der Waals surface area contributed by atoms with Crippen molar-refractivity contribution in [3.05, 3.63) is 46.0 Å². The van der Waals surface area contributed by atoms with E-state index in [1.807, 2.05) is 23.1 Å². The maximum Gasteiger partial charge on any atom is 0.255 e. The summed E-state index contributed by atoms with van der Waals surface area (Å²) >= 11 is 0. The van der Waals surface area contributed by atoms with Gasteiger partial charge in [-0.1, -0.05) is 6.07 Å². The smallest absolute Gasteiger partial charge is 0.255 e. The Kier molecular flexibility index (Phi) is 5.04. The number of fused-ring (bicyclic) bond motifs is 1. The highest BCUT2D eigenvalue weighted by Gasteiger charge is 2.28. The van der Waals surface area contributed by atoms with Crippen molar-refractivity contribution in [3.8, 4) is 5.75 Å². The van der Waals surface area contributed by atoms with Crippen molar-refractivity contribution in [2.45, 2.75) is 12.8 Å². The molecule has 0 saturated carbocycles. The minimum atomic E-state index is -0.164. The first-order valence-corrected chi connectivity index (χ1v) is 9.44. The number of carbonyl (C=O) groups excluding carboxylic acids is 1. The number of aromatic nitrogens is 2. The number of nitrogens with zero attached hydrogens (tertiary/aromatic N) is 4. The number of carbonyl (C=O) groups is 1. The molecule has 0 atom stereocenters. The van der Waals surface area contributed by atoms with Gasteiger partial charge in [0.25, 0.3) is 5.56 Å². The first kappa shape index (κ1) is 18.5. The van der Waals surface area contributed by atoms with Gasteiger partial charge in [-0.05, 0) is 18.6 Å². The molecule has 2 aliphatic heterocycles. The Morgan fingerprint density at radius 1 is 1.25 bits per heavy atom. The van der Waals surface area contributed by atoms with E-state index in [4.69, 9.17) is 9.47 Å². The quantitative estimate of drug-likeness (QED) is 0.775. The number of methoxy groups -OCH3 is 1. The molecule has 28 heavy (non-hydrogen) atoms. The van der Waals surface area contributed by atoms with Gasteiger partial charge in [0.1, 0.15) is 17.4 Å². The summed E-state index contributed by atoms with van der Waals surface area (Å²) < 4.78 is 12.2. The van der Waals surface area contributed by atoms with Crippen LogP contribution in [0.5, 0.6) is 5.75 Å². The molecule has 0 unspecified atom stereocenters. The average Bonchev–Trinajstić information content (AvgIpc) is 3.16. The summed E-state index contributed by atoms with van der Waals surface area (Å²) in [6, 6.07) is 7.24. The molecule has 1 aromatic heterocycles. The Balaban J connectivity index is 1.59. The zero-order chi connectivity index (χ0) is 19.7. The summed E-state index contributed by atoms with van der Waals surface area (Å²) in [7, 11) is 3.29. The van der Waals surface area contributed by atoms with E-state index in [-0.39, 0.29) is 17.9 Å². The van der Waals surface area contributed by atoms with Gasteiger partial charge in [0.2, 0.25) is 5.91 Å². The van der Waals surface area contributed by atoms with Crippen LogP contribution in [0, 0.1) is 0 Å². The molecule has 8 nitrogen and oxygen atoms in total. The van der Waals surface area contributed by atoms with Crippen LogP contribution in [0.15, 0.2) is 29.1 Å². The molecular weight excluding hydrogens is 360 g/mol. The van der Waals surface area contributed by atoms with Crippen molar-refractivity contribution in [1.29, 1.82) is 0 Å². The summed E-state index contributed by atoms with van der Waals surface area (Å²) in [5.74, 6) is 1.80. The van der Waals surface area contributed by atoms with E-state index >= 15 is 0 Å². The Hall–Kier alpha value is -2.87. The van der Waals surface area contributed by atoms with Crippen LogP contribution >= 0.6 is 0 Å². The number of ether oxygens (including phenoxy) is 2. The lowest BCUT2D eigenvalue weighted by molar-refractivity contribution is -0.118. The van der Waals surface area contributed by atoms with E-state index in [2.05, 4.69) is 4.98 Å². The first-order chi connectivity index (χ1) is 13.6. The molecular formula is C20H24N4O4. The topological polar surface area (TPSA) is 76.9 Å². The summed E-state index contributed by atoms with van der Waals surface area (Å²) in [5, 5.41) is 0. The predicted molar refractivity (Wildman–Crippen MR) is 105 cm³/mol. The summed E-state index contributed by atoms with van der Waals surface area (Å²) in [5.41, 5.74) is 1.75. The van der Waals surface area contributed by atoms with Crippen molar-refractivity contribution in [1.82, 2.24) is 9.55 Å². The maximum atomic E-state index is 13.0. The third-order valence-electron chi connectivity index (χ3n) is 5.36. The molecule has 1 aromatic carbocycles. The number of rotatable bonds is 4.